The lowest BCUT2D eigenvalue weighted by Crippen LogP contribution is -2.38. The fourth-order valence-electron chi connectivity index (χ4n) is 4.23. The highest BCUT2D eigenvalue weighted by molar-refractivity contribution is 6.07. The number of nitrogens with one attached hydrogen (secondary N) is 1. The second-order valence-electron chi connectivity index (χ2n) is 8.55. The van der Waals surface area contributed by atoms with Gasteiger partial charge < -0.3 is 9.32 Å². The van der Waals surface area contributed by atoms with Crippen molar-refractivity contribution >= 4 is 17.5 Å². The summed E-state index contributed by atoms with van der Waals surface area (Å²) in [5.41, 5.74) is 6.85. The predicted molar refractivity (Wildman–Crippen MR) is 116 cm³/mol. The SMILES string of the molecule is Cc1ccc(C(=O)N/N=C2\CCCc3oc(C(=O)N4CCC(C)CC4)c(C)c32)cc1. The second kappa shape index (κ2) is 8.46. The molecule has 1 aliphatic heterocycles. The largest absolute Gasteiger partial charge is 0.455 e. The Labute approximate surface area is 177 Å². The molecule has 2 aromatic rings. The number of likely N-dealkylation sites (tertiary alicyclic amines) is 1. The van der Waals surface area contributed by atoms with Crippen molar-refractivity contribution in [1.82, 2.24) is 10.3 Å². The molecule has 0 saturated carbocycles. The van der Waals surface area contributed by atoms with Crippen LogP contribution in [0.4, 0.5) is 0 Å². The Bertz CT molecular complexity index is 980. The van der Waals surface area contributed by atoms with Gasteiger partial charge >= 0.3 is 0 Å². The molecular formula is C24H29N3O3. The summed E-state index contributed by atoms with van der Waals surface area (Å²) >= 11 is 0. The molecular weight excluding hydrogens is 378 g/mol. The second-order valence-corrected chi connectivity index (χ2v) is 8.55. The third-order valence-electron chi connectivity index (χ3n) is 6.20. The van der Waals surface area contributed by atoms with E-state index in [0.717, 1.165) is 73.4 Å². The van der Waals surface area contributed by atoms with E-state index in [4.69, 9.17) is 4.42 Å². The number of piperidine rings is 1. The van der Waals surface area contributed by atoms with Gasteiger partial charge in [0.25, 0.3) is 11.8 Å². The molecule has 6 heteroatoms. The molecule has 0 unspecified atom stereocenters. The zero-order valence-corrected chi connectivity index (χ0v) is 18.0. The van der Waals surface area contributed by atoms with Crippen LogP contribution in [-0.4, -0.2) is 35.5 Å². The van der Waals surface area contributed by atoms with Crippen LogP contribution in [-0.2, 0) is 6.42 Å². The van der Waals surface area contributed by atoms with E-state index in [1.54, 1.807) is 12.1 Å². The number of amides is 2. The van der Waals surface area contributed by atoms with Crippen LogP contribution in [0, 0.1) is 19.8 Å². The molecule has 2 aliphatic rings. The molecule has 0 radical (unpaired) electrons. The number of carbonyl (C=O) groups is 2. The van der Waals surface area contributed by atoms with Gasteiger partial charge in [-0.05, 0) is 57.6 Å². The number of benzene rings is 1. The van der Waals surface area contributed by atoms with Gasteiger partial charge in [-0.25, -0.2) is 5.43 Å². The van der Waals surface area contributed by atoms with Crippen molar-refractivity contribution in [3.05, 3.63) is 58.0 Å². The molecule has 1 fully saturated rings. The molecule has 1 aliphatic carbocycles. The Hall–Kier alpha value is -2.89. The quantitative estimate of drug-likeness (QED) is 0.774. The lowest BCUT2D eigenvalue weighted by molar-refractivity contribution is 0.0662. The summed E-state index contributed by atoms with van der Waals surface area (Å²) < 4.78 is 6.03. The van der Waals surface area contributed by atoms with E-state index in [-0.39, 0.29) is 11.8 Å². The normalized spacial score (nSPS) is 18.4. The van der Waals surface area contributed by atoms with Crippen molar-refractivity contribution in [2.45, 2.75) is 52.9 Å². The van der Waals surface area contributed by atoms with Gasteiger partial charge in [0, 0.05) is 36.2 Å². The van der Waals surface area contributed by atoms with Crippen LogP contribution in [0.5, 0.6) is 0 Å². The Morgan fingerprint density at radius 1 is 1.10 bits per heavy atom. The third-order valence-corrected chi connectivity index (χ3v) is 6.20. The van der Waals surface area contributed by atoms with Crippen molar-refractivity contribution in [3.8, 4) is 0 Å². The summed E-state index contributed by atoms with van der Waals surface area (Å²) in [6, 6.07) is 7.38. The summed E-state index contributed by atoms with van der Waals surface area (Å²) in [6.45, 7) is 7.68. The Kier molecular flexibility index (Phi) is 5.75. The molecule has 30 heavy (non-hydrogen) atoms. The fourth-order valence-corrected chi connectivity index (χ4v) is 4.23. The topological polar surface area (TPSA) is 74.9 Å². The van der Waals surface area contributed by atoms with Crippen molar-refractivity contribution in [2.75, 3.05) is 13.1 Å². The molecule has 2 heterocycles. The first kappa shape index (κ1) is 20.4. The van der Waals surface area contributed by atoms with Crippen LogP contribution in [0.2, 0.25) is 0 Å². The van der Waals surface area contributed by atoms with Crippen molar-refractivity contribution in [3.63, 3.8) is 0 Å². The number of furan rings is 1. The van der Waals surface area contributed by atoms with Crippen molar-refractivity contribution in [2.24, 2.45) is 11.0 Å². The van der Waals surface area contributed by atoms with Crippen molar-refractivity contribution in [1.29, 1.82) is 0 Å². The standard InChI is InChI=1S/C24H29N3O3/c1-15-7-9-18(10-8-15)23(28)26-25-19-5-4-6-20-21(19)17(3)22(30-20)24(29)27-13-11-16(2)12-14-27/h7-10,16H,4-6,11-14H2,1-3H3,(H,26,28)/b25-19+. The number of hydrogen-bond donors (Lipinski definition) is 1. The van der Waals surface area contributed by atoms with E-state index in [9.17, 15) is 9.59 Å². The predicted octanol–water partition coefficient (Wildman–Crippen LogP) is 4.24. The van der Waals surface area contributed by atoms with Crippen LogP contribution in [0.1, 0.15) is 76.0 Å². The summed E-state index contributed by atoms with van der Waals surface area (Å²) in [5, 5.41) is 4.41. The van der Waals surface area contributed by atoms with E-state index < -0.39 is 0 Å². The van der Waals surface area contributed by atoms with Gasteiger partial charge in [-0.15, -0.1) is 0 Å². The highest BCUT2D eigenvalue weighted by atomic mass is 16.4. The number of hydrogen-bond acceptors (Lipinski definition) is 4. The third kappa shape index (κ3) is 4.04. The average Bonchev–Trinajstić information content (AvgIpc) is 3.09. The first-order valence-corrected chi connectivity index (χ1v) is 10.8. The molecule has 158 valence electrons. The Balaban J connectivity index is 1.55. The van der Waals surface area contributed by atoms with Gasteiger partial charge in [0.1, 0.15) is 5.76 Å². The lowest BCUT2D eigenvalue weighted by Gasteiger charge is -2.29. The molecule has 1 saturated heterocycles. The Morgan fingerprint density at radius 3 is 2.50 bits per heavy atom. The highest BCUT2D eigenvalue weighted by Crippen LogP contribution is 2.31. The van der Waals surface area contributed by atoms with Gasteiger partial charge in [-0.1, -0.05) is 24.6 Å². The monoisotopic (exact) mass is 407 g/mol. The number of carbonyl (C=O) groups excluding carboxylic acids is 2. The van der Waals surface area contributed by atoms with Crippen LogP contribution in [0.25, 0.3) is 0 Å². The first-order valence-electron chi connectivity index (χ1n) is 10.8. The summed E-state index contributed by atoms with van der Waals surface area (Å²) in [4.78, 5) is 27.4. The smallest absolute Gasteiger partial charge is 0.289 e. The van der Waals surface area contributed by atoms with E-state index >= 15 is 0 Å². The Morgan fingerprint density at radius 2 is 1.80 bits per heavy atom. The van der Waals surface area contributed by atoms with Crippen molar-refractivity contribution < 1.29 is 14.0 Å². The highest BCUT2D eigenvalue weighted by Gasteiger charge is 2.31. The number of hydrazone groups is 1. The van der Waals surface area contributed by atoms with Crippen LogP contribution >= 0.6 is 0 Å². The molecule has 2 amide bonds. The summed E-state index contributed by atoms with van der Waals surface area (Å²) in [6.07, 6.45) is 4.47. The average molecular weight is 408 g/mol. The van der Waals surface area contributed by atoms with Gasteiger partial charge in [-0.3, -0.25) is 9.59 Å². The number of fused-ring (bicyclic) bond motifs is 1. The maximum absolute atomic E-state index is 13.1. The molecule has 0 atom stereocenters. The molecule has 1 aromatic heterocycles. The fraction of sp³-hybridized carbons (Fsp3) is 0.458. The summed E-state index contributed by atoms with van der Waals surface area (Å²) in [7, 11) is 0. The number of nitrogens with zero attached hydrogens (tertiary/aromatic N) is 2. The first-order chi connectivity index (χ1) is 14.4. The minimum absolute atomic E-state index is 0.0307. The molecule has 0 spiro atoms. The van der Waals surface area contributed by atoms with Crippen LogP contribution < -0.4 is 5.43 Å². The van der Waals surface area contributed by atoms with Gasteiger partial charge in [-0.2, -0.15) is 5.10 Å². The van der Waals surface area contributed by atoms with E-state index in [2.05, 4.69) is 17.5 Å². The van der Waals surface area contributed by atoms with Gasteiger partial charge in [0.05, 0.1) is 5.71 Å². The molecule has 1 aromatic carbocycles. The number of rotatable bonds is 3. The van der Waals surface area contributed by atoms with Gasteiger partial charge in [0.2, 0.25) is 0 Å². The minimum atomic E-state index is -0.241. The van der Waals surface area contributed by atoms with E-state index in [0.29, 0.717) is 17.2 Å². The molecule has 1 N–H and O–H groups in total. The van der Waals surface area contributed by atoms with Crippen LogP contribution in [0.15, 0.2) is 33.8 Å². The maximum Gasteiger partial charge on any atom is 0.289 e. The zero-order chi connectivity index (χ0) is 21.3. The minimum Gasteiger partial charge on any atom is -0.455 e. The molecule has 6 nitrogen and oxygen atoms in total. The lowest BCUT2D eigenvalue weighted by atomic mass is 9.93. The maximum atomic E-state index is 13.1. The van der Waals surface area contributed by atoms with E-state index in [1.807, 2.05) is 30.9 Å². The number of aryl methyl sites for hydroxylation is 2. The van der Waals surface area contributed by atoms with Crippen LogP contribution in [0.3, 0.4) is 0 Å². The summed E-state index contributed by atoms with van der Waals surface area (Å²) in [5.74, 6) is 1.62. The van der Waals surface area contributed by atoms with Gasteiger partial charge in [0.15, 0.2) is 5.76 Å². The van der Waals surface area contributed by atoms with E-state index in [1.165, 1.54) is 0 Å². The molecule has 0 bridgehead atoms. The molecule has 4 rings (SSSR count). The zero-order valence-electron chi connectivity index (χ0n) is 18.0.